The second kappa shape index (κ2) is 3.47. The zero-order valence-electron chi connectivity index (χ0n) is 8.89. The fraction of sp³-hybridized carbons (Fsp3) is 0.500. The largest absolute Gasteiger partial charge is 0.350 e. The summed E-state index contributed by atoms with van der Waals surface area (Å²) in [7, 11) is 0. The van der Waals surface area contributed by atoms with Crippen molar-refractivity contribution in [2.45, 2.75) is 20.3 Å². The number of urea groups is 2. The van der Waals surface area contributed by atoms with Gasteiger partial charge in [-0.2, -0.15) is 10.0 Å². The van der Waals surface area contributed by atoms with E-state index < -0.39 is 29.3 Å². The Bertz CT molecular complexity index is 359. The number of imide groups is 2. The van der Waals surface area contributed by atoms with Gasteiger partial charge in [0.15, 0.2) is 0 Å². The lowest BCUT2D eigenvalue weighted by Crippen LogP contribution is -2.52. The van der Waals surface area contributed by atoms with Crippen molar-refractivity contribution in [2.75, 3.05) is 0 Å². The van der Waals surface area contributed by atoms with E-state index in [1.807, 2.05) is 0 Å². The van der Waals surface area contributed by atoms with Gasteiger partial charge < -0.3 is 11.5 Å². The number of hydrogen-bond acceptors (Lipinski definition) is 4. The molecule has 8 heteroatoms. The maximum atomic E-state index is 11.8. The van der Waals surface area contributed by atoms with E-state index in [4.69, 9.17) is 11.5 Å². The maximum Gasteiger partial charge on any atom is 0.341 e. The molecule has 1 rings (SSSR count). The average molecular weight is 228 g/mol. The molecule has 0 atom stereocenters. The summed E-state index contributed by atoms with van der Waals surface area (Å²) >= 11 is 0. The molecule has 0 unspecified atom stereocenters. The van der Waals surface area contributed by atoms with E-state index in [1.165, 1.54) is 6.92 Å². The Morgan fingerprint density at radius 1 is 1.12 bits per heavy atom. The van der Waals surface area contributed by atoms with Crippen molar-refractivity contribution >= 4 is 23.9 Å². The molecule has 0 bridgehead atoms. The average Bonchev–Trinajstić information content (AvgIpc) is 2.40. The molecule has 0 aliphatic carbocycles. The van der Waals surface area contributed by atoms with Crippen LogP contribution in [0, 0.1) is 5.41 Å². The molecule has 4 N–H and O–H groups in total. The molecule has 0 aromatic heterocycles. The normalized spacial score (nSPS) is 19.1. The summed E-state index contributed by atoms with van der Waals surface area (Å²) in [4.78, 5) is 45.6. The van der Waals surface area contributed by atoms with E-state index in [9.17, 15) is 19.2 Å². The van der Waals surface area contributed by atoms with Gasteiger partial charge in [0.1, 0.15) is 5.41 Å². The molecule has 1 saturated heterocycles. The standard InChI is InChI=1S/C8H12N4O4/c1-3-8(2)4(13)11(6(9)15)12(5(8)14)7(10)16/h3H2,1-2H3,(H2,9,15)(H2,10,16). The molecule has 88 valence electrons. The highest BCUT2D eigenvalue weighted by Crippen LogP contribution is 2.34. The Labute approximate surface area is 91.1 Å². The Morgan fingerprint density at radius 2 is 1.44 bits per heavy atom. The second-order valence-electron chi connectivity index (χ2n) is 3.60. The number of nitrogens with two attached hydrogens (primary N) is 2. The summed E-state index contributed by atoms with van der Waals surface area (Å²) in [5, 5.41) is 0.544. The highest BCUT2D eigenvalue weighted by Gasteiger charge is 2.57. The summed E-state index contributed by atoms with van der Waals surface area (Å²) in [6.07, 6.45) is 0.137. The smallest absolute Gasteiger partial charge is 0.341 e. The quantitative estimate of drug-likeness (QED) is 0.566. The first-order chi connectivity index (χ1) is 7.27. The van der Waals surface area contributed by atoms with Gasteiger partial charge in [-0.05, 0) is 13.3 Å². The molecule has 0 saturated carbocycles. The molecule has 0 radical (unpaired) electrons. The predicted molar refractivity (Wildman–Crippen MR) is 51.3 cm³/mol. The van der Waals surface area contributed by atoms with E-state index in [0.717, 1.165) is 0 Å². The number of carbonyl (C=O) groups is 4. The lowest BCUT2D eigenvalue weighted by molar-refractivity contribution is -0.137. The lowest BCUT2D eigenvalue weighted by Gasteiger charge is -2.19. The lowest BCUT2D eigenvalue weighted by atomic mass is 9.87. The van der Waals surface area contributed by atoms with Crippen molar-refractivity contribution in [3.63, 3.8) is 0 Å². The van der Waals surface area contributed by atoms with Crippen molar-refractivity contribution in [1.82, 2.24) is 10.0 Å². The molecule has 0 spiro atoms. The van der Waals surface area contributed by atoms with Gasteiger partial charge in [0, 0.05) is 0 Å². The third-order valence-corrected chi connectivity index (χ3v) is 2.65. The Balaban J connectivity index is 3.31. The molecule has 1 aliphatic heterocycles. The minimum absolute atomic E-state index is 0.137. The van der Waals surface area contributed by atoms with E-state index in [-0.39, 0.29) is 16.4 Å². The first-order valence-corrected chi connectivity index (χ1v) is 4.55. The topological polar surface area (TPSA) is 127 Å². The van der Waals surface area contributed by atoms with Crippen LogP contribution in [0.3, 0.4) is 0 Å². The van der Waals surface area contributed by atoms with E-state index in [2.05, 4.69) is 0 Å². The van der Waals surface area contributed by atoms with Crippen LogP contribution >= 0.6 is 0 Å². The van der Waals surface area contributed by atoms with E-state index >= 15 is 0 Å². The Kier molecular flexibility index (Phi) is 2.59. The Morgan fingerprint density at radius 3 is 1.62 bits per heavy atom. The number of hydrazine groups is 1. The van der Waals surface area contributed by atoms with Crippen molar-refractivity contribution in [3.05, 3.63) is 0 Å². The van der Waals surface area contributed by atoms with E-state index in [1.54, 1.807) is 6.92 Å². The molecule has 1 fully saturated rings. The van der Waals surface area contributed by atoms with Gasteiger partial charge in [-0.25, -0.2) is 9.59 Å². The van der Waals surface area contributed by atoms with Crippen LogP contribution in [0.2, 0.25) is 0 Å². The van der Waals surface area contributed by atoms with Crippen LogP contribution in [-0.4, -0.2) is 33.9 Å². The third-order valence-electron chi connectivity index (χ3n) is 2.65. The van der Waals surface area contributed by atoms with Crippen LogP contribution in [0.1, 0.15) is 20.3 Å². The van der Waals surface area contributed by atoms with Gasteiger partial charge in [-0.15, -0.1) is 0 Å². The van der Waals surface area contributed by atoms with E-state index in [0.29, 0.717) is 0 Å². The SMILES string of the molecule is CCC1(C)C(=O)N(C(N)=O)N(C(N)=O)C1=O. The van der Waals surface area contributed by atoms with Gasteiger partial charge in [0.05, 0.1) is 0 Å². The predicted octanol–water partition coefficient (Wildman–Crippen LogP) is -0.854. The zero-order chi connectivity index (χ0) is 12.7. The Hall–Kier alpha value is -2.12. The highest BCUT2D eigenvalue weighted by molar-refractivity contribution is 6.19. The van der Waals surface area contributed by atoms with Crippen molar-refractivity contribution < 1.29 is 19.2 Å². The molecule has 8 nitrogen and oxygen atoms in total. The summed E-state index contributed by atoms with van der Waals surface area (Å²) in [5.74, 6) is -1.68. The van der Waals surface area contributed by atoms with Crippen molar-refractivity contribution in [3.8, 4) is 0 Å². The number of amides is 6. The van der Waals surface area contributed by atoms with Gasteiger partial charge in [0.25, 0.3) is 11.8 Å². The first kappa shape index (κ1) is 12.0. The molecule has 0 aromatic carbocycles. The van der Waals surface area contributed by atoms with Crippen molar-refractivity contribution in [2.24, 2.45) is 16.9 Å². The molecule has 16 heavy (non-hydrogen) atoms. The number of carbonyl (C=O) groups excluding carboxylic acids is 4. The van der Waals surface area contributed by atoms with Crippen molar-refractivity contribution in [1.29, 1.82) is 0 Å². The monoisotopic (exact) mass is 228 g/mol. The first-order valence-electron chi connectivity index (χ1n) is 4.55. The third kappa shape index (κ3) is 1.30. The van der Waals surface area contributed by atoms with Crippen LogP contribution in [-0.2, 0) is 9.59 Å². The van der Waals surface area contributed by atoms with Crippen LogP contribution in [0.25, 0.3) is 0 Å². The summed E-state index contributed by atoms with van der Waals surface area (Å²) in [6.45, 7) is 2.91. The van der Waals surface area contributed by atoms with Gasteiger partial charge >= 0.3 is 12.1 Å². The van der Waals surface area contributed by atoms with Crippen LogP contribution < -0.4 is 11.5 Å². The minimum atomic E-state index is -1.47. The fourth-order valence-corrected chi connectivity index (χ4v) is 1.44. The summed E-state index contributed by atoms with van der Waals surface area (Å²) in [5.41, 5.74) is 8.37. The molecular formula is C8H12N4O4. The van der Waals surface area contributed by atoms with Crippen LogP contribution in [0.15, 0.2) is 0 Å². The van der Waals surface area contributed by atoms with Gasteiger partial charge in [0.2, 0.25) is 0 Å². The second-order valence-corrected chi connectivity index (χ2v) is 3.60. The number of primary amides is 2. The molecule has 6 amide bonds. The van der Waals surface area contributed by atoms with Crippen LogP contribution in [0.5, 0.6) is 0 Å². The summed E-state index contributed by atoms with van der Waals surface area (Å²) in [6, 6.07) is -2.43. The molecular weight excluding hydrogens is 216 g/mol. The molecule has 1 heterocycles. The van der Waals surface area contributed by atoms with Crippen LogP contribution in [0.4, 0.5) is 9.59 Å². The number of rotatable bonds is 1. The minimum Gasteiger partial charge on any atom is -0.350 e. The molecule has 0 aromatic rings. The van der Waals surface area contributed by atoms with Gasteiger partial charge in [-0.1, -0.05) is 6.92 Å². The number of nitrogens with zero attached hydrogens (tertiary/aromatic N) is 2. The fourth-order valence-electron chi connectivity index (χ4n) is 1.44. The maximum absolute atomic E-state index is 11.8. The highest BCUT2D eigenvalue weighted by atomic mass is 16.2. The van der Waals surface area contributed by atoms with Gasteiger partial charge in [-0.3, -0.25) is 9.59 Å². The zero-order valence-corrected chi connectivity index (χ0v) is 8.89. The summed E-state index contributed by atoms with van der Waals surface area (Å²) < 4.78 is 0. The molecule has 1 aliphatic rings. The number of hydrogen-bond donors (Lipinski definition) is 2.